The molecule has 1 aliphatic rings. The Morgan fingerprint density at radius 2 is 2.06 bits per heavy atom. The second-order valence-corrected chi connectivity index (χ2v) is 4.72. The molecular weight excluding hydrogens is 234 g/mol. The average molecular weight is 252 g/mol. The minimum Gasteiger partial charge on any atom is -0.271 e. The summed E-state index contributed by atoms with van der Waals surface area (Å²) in [6.07, 6.45) is 5.98. The van der Waals surface area contributed by atoms with Crippen LogP contribution in [0.5, 0.6) is 0 Å². The Hall–Kier alpha value is -1.26. The van der Waals surface area contributed by atoms with E-state index in [1.54, 1.807) is 6.92 Å². The fourth-order valence-corrected chi connectivity index (χ4v) is 2.44. The van der Waals surface area contributed by atoms with Crippen LogP contribution < -0.4 is 11.3 Å². The van der Waals surface area contributed by atoms with Gasteiger partial charge in [-0.05, 0) is 44.2 Å². The zero-order valence-electron chi connectivity index (χ0n) is 10.5. The van der Waals surface area contributed by atoms with E-state index in [9.17, 15) is 8.78 Å². The quantitative estimate of drug-likeness (QED) is 0.492. The van der Waals surface area contributed by atoms with E-state index < -0.39 is 17.7 Å². The molecule has 0 fully saturated rings. The number of hydrogen-bond acceptors (Lipinski definition) is 2. The van der Waals surface area contributed by atoms with Crippen LogP contribution in [0.2, 0.25) is 0 Å². The van der Waals surface area contributed by atoms with E-state index in [0.717, 1.165) is 31.3 Å². The number of nitrogens with two attached hydrogens (primary N) is 1. The van der Waals surface area contributed by atoms with Gasteiger partial charge in [-0.15, -0.1) is 0 Å². The third-order valence-corrected chi connectivity index (χ3v) is 3.47. The number of hydrazine groups is 1. The summed E-state index contributed by atoms with van der Waals surface area (Å²) in [6, 6.07) is 2.17. The van der Waals surface area contributed by atoms with Crippen molar-refractivity contribution in [3.63, 3.8) is 0 Å². The predicted octanol–water partition coefficient (Wildman–Crippen LogP) is 3.28. The summed E-state index contributed by atoms with van der Waals surface area (Å²) in [6.45, 7) is 1.63. The van der Waals surface area contributed by atoms with Gasteiger partial charge in [-0.25, -0.2) is 14.2 Å². The number of aryl methyl sites for hydroxylation is 1. The number of hydrogen-bond donors (Lipinski definition) is 2. The predicted molar refractivity (Wildman–Crippen MR) is 67.7 cm³/mol. The monoisotopic (exact) mass is 252 g/mol. The average Bonchev–Trinajstić information content (AvgIpc) is 2.40. The molecule has 0 heterocycles. The Morgan fingerprint density at radius 3 is 2.67 bits per heavy atom. The van der Waals surface area contributed by atoms with Crippen molar-refractivity contribution in [2.75, 3.05) is 0 Å². The highest BCUT2D eigenvalue weighted by Gasteiger charge is 2.24. The van der Waals surface area contributed by atoms with Gasteiger partial charge in [0, 0.05) is 5.56 Å². The van der Waals surface area contributed by atoms with Crippen LogP contribution in [0.3, 0.4) is 0 Å². The molecule has 2 nitrogen and oxygen atoms in total. The molecule has 1 aromatic rings. The van der Waals surface area contributed by atoms with Crippen molar-refractivity contribution in [2.24, 2.45) is 5.84 Å². The van der Waals surface area contributed by atoms with Gasteiger partial charge in [0.15, 0.2) is 0 Å². The molecule has 2 rings (SSSR count). The van der Waals surface area contributed by atoms with Gasteiger partial charge in [0.25, 0.3) is 0 Å². The van der Waals surface area contributed by atoms with Crippen LogP contribution in [0, 0.1) is 18.6 Å². The zero-order valence-corrected chi connectivity index (χ0v) is 10.5. The van der Waals surface area contributed by atoms with Crippen LogP contribution >= 0.6 is 0 Å². The maximum absolute atomic E-state index is 14.1. The lowest BCUT2D eigenvalue weighted by Gasteiger charge is -2.24. The minimum absolute atomic E-state index is 0.0330. The lowest BCUT2D eigenvalue weighted by molar-refractivity contribution is 0.487. The molecule has 0 amide bonds. The van der Waals surface area contributed by atoms with E-state index in [-0.39, 0.29) is 5.56 Å². The second kappa shape index (κ2) is 5.59. The van der Waals surface area contributed by atoms with Crippen LogP contribution in [0.1, 0.15) is 42.9 Å². The third-order valence-electron chi connectivity index (χ3n) is 3.47. The number of halogens is 2. The standard InChI is InChI=1S/C14H18F2N2/c1-9-7-8-11(15)12(13(9)16)14(18-17)10-5-3-2-4-6-10/h5,7-8,14,18H,2-4,6,17H2,1H3. The second-order valence-electron chi connectivity index (χ2n) is 4.72. The summed E-state index contributed by atoms with van der Waals surface area (Å²) in [5.74, 6) is 4.44. The van der Waals surface area contributed by atoms with Crippen molar-refractivity contribution in [1.29, 1.82) is 0 Å². The topological polar surface area (TPSA) is 38.0 Å². The molecule has 1 aromatic carbocycles. The maximum Gasteiger partial charge on any atom is 0.134 e. The van der Waals surface area contributed by atoms with E-state index in [1.807, 2.05) is 6.08 Å². The van der Waals surface area contributed by atoms with E-state index in [4.69, 9.17) is 5.84 Å². The highest BCUT2D eigenvalue weighted by Crippen LogP contribution is 2.32. The van der Waals surface area contributed by atoms with Crippen molar-refractivity contribution < 1.29 is 8.78 Å². The fourth-order valence-electron chi connectivity index (χ4n) is 2.44. The number of allylic oxidation sites excluding steroid dienone is 1. The van der Waals surface area contributed by atoms with Gasteiger partial charge < -0.3 is 0 Å². The summed E-state index contributed by atoms with van der Waals surface area (Å²) >= 11 is 0. The van der Waals surface area contributed by atoms with Crippen LogP contribution in [0.15, 0.2) is 23.8 Å². The molecule has 18 heavy (non-hydrogen) atoms. The first kappa shape index (κ1) is 13.2. The van der Waals surface area contributed by atoms with E-state index in [1.165, 1.54) is 12.1 Å². The summed E-state index contributed by atoms with van der Waals surface area (Å²) in [4.78, 5) is 0. The molecule has 0 bridgehead atoms. The molecule has 98 valence electrons. The van der Waals surface area contributed by atoms with E-state index in [2.05, 4.69) is 5.43 Å². The van der Waals surface area contributed by atoms with Gasteiger partial charge in [0.2, 0.25) is 0 Å². The van der Waals surface area contributed by atoms with Crippen molar-refractivity contribution in [3.05, 3.63) is 46.5 Å². The summed E-state index contributed by atoms with van der Waals surface area (Å²) in [5.41, 5.74) is 3.99. The van der Waals surface area contributed by atoms with Crippen LogP contribution in [0.4, 0.5) is 8.78 Å². The summed E-state index contributed by atoms with van der Waals surface area (Å²) in [7, 11) is 0. The molecule has 1 atom stereocenters. The Kier molecular flexibility index (Phi) is 4.09. The lowest BCUT2D eigenvalue weighted by atomic mass is 9.89. The molecule has 4 heteroatoms. The fraction of sp³-hybridized carbons (Fsp3) is 0.429. The normalized spacial score (nSPS) is 17.4. The molecule has 0 saturated carbocycles. The largest absolute Gasteiger partial charge is 0.271 e. The molecule has 3 N–H and O–H groups in total. The van der Waals surface area contributed by atoms with Crippen LogP contribution in [-0.2, 0) is 0 Å². The van der Waals surface area contributed by atoms with Gasteiger partial charge in [-0.3, -0.25) is 5.84 Å². The Balaban J connectivity index is 2.44. The Labute approximate surface area is 106 Å². The first-order valence-electron chi connectivity index (χ1n) is 6.24. The first-order valence-corrected chi connectivity index (χ1v) is 6.24. The molecule has 1 unspecified atom stereocenters. The molecule has 0 spiro atoms. The minimum atomic E-state index is -0.565. The number of benzene rings is 1. The Morgan fingerprint density at radius 1 is 1.28 bits per heavy atom. The van der Waals surface area contributed by atoms with Crippen molar-refractivity contribution in [3.8, 4) is 0 Å². The molecule has 0 radical (unpaired) electrons. The number of rotatable bonds is 3. The molecule has 0 aromatic heterocycles. The maximum atomic E-state index is 14.1. The van der Waals surface area contributed by atoms with Crippen LogP contribution in [0.25, 0.3) is 0 Å². The van der Waals surface area contributed by atoms with Crippen LogP contribution in [-0.4, -0.2) is 0 Å². The smallest absolute Gasteiger partial charge is 0.134 e. The van der Waals surface area contributed by atoms with E-state index >= 15 is 0 Å². The Bertz CT molecular complexity index is 469. The number of nitrogens with one attached hydrogen (secondary N) is 1. The molecule has 1 aliphatic carbocycles. The SMILES string of the molecule is Cc1ccc(F)c(C(NN)C2=CCCCC2)c1F. The van der Waals surface area contributed by atoms with Crippen molar-refractivity contribution in [1.82, 2.24) is 5.43 Å². The first-order chi connectivity index (χ1) is 8.65. The molecule has 0 saturated heterocycles. The van der Waals surface area contributed by atoms with Crippen molar-refractivity contribution in [2.45, 2.75) is 38.6 Å². The highest BCUT2D eigenvalue weighted by molar-refractivity contribution is 5.34. The molecular formula is C14H18F2N2. The van der Waals surface area contributed by atoms with Gasteiger partial charge >= 0.3 is 0 Å². The summed E-state index contributed by atoms with van der Waals surface area (Å²) < 4.78 is 28.0. The summed E-state index contributed by atoms with van der Waals surface area (Å²) in [5, 5.41) is 0. The third kappa shape index (κ3) is 2.44. The molecule has 0 aliphatic heterocycles. The van der Waals surface area contributed by atoms with Gasteiger partial charge in [-0.2, -0.15) is 0 Å². The van der Waals surface area contributed by atoms with Gasteiger partial charge in [-0.1, -0.05) is 17.7 Å². The zero-order chi connectivity index (χ0) is 13.1. The van der Waals surface area contributed by atoms with E-state index in [0.29, 0.717) is 5.56 Å². The van der Waals surface area contributed by atoms with Gasteiger partial charge in [0.1, 0.15) is 11.6 Å². The lowest BCUT2D eigenvalue weighted by Crippen LogP contribution is -2.31. The van der Waals surface area contributed by atoms with Crippen molar-refractivity contribution >= 4 is 0 Å². The highest BCUT2D eigenvalue weighted by atomic mass is 19.1. The van der Waals surface area contributed by atoms with Gasteiger partial charge in [0.05, 0.1) is 6.04 Å².